The van der Waals surface area contributed by atoms with E-state index < -0.39 is 5.91 Å². The third kappa shape index (κ3) is 5.66. The highest BCUT2D eigenvalue weighted by molar-refractivity contribution is 7.80. The molecule has 0 atom stereocenters. The van der Waals surface area contributed by atoms with Crippen LogP contribution in [0.4, 0.5) is 0 Å². The number of amides is 2. The Morgan fingerprint density at radius 2 is 1.87 bits per heavy atom. The van der Waals surface area contributed by atoms with Crippen molar-refractivity contribution < 1.29 is 23.5 Å². The molecule has 0 radical (unpaired) electrons. The number of hydrazine groups is 1. The minimum atomic E-state index is -0.431. The maximum atomic E-state index is 12.6. The van der Waals surface area contributed by atoms with Gasteiger partial charge in [0, 0.05) is 19.6 Å². The maximum Gasteiger partial charge on any atom is 0.287 e. The lowest BCUT2D eigenvalue weighted by Crippen LogP contribution is -2.51. The Morgan fingerprint density at radius 3 is 2.58 bits per heavy atom. The first-order chi connectivity index (χ1) is 15.0. The lowest BCUT2D eigenvalue weighted by molar-refractivity contribution is -0.137. The number of furan rings is 1. The van der Waals surface area contributed by atoms with E-state index in [-0.39, 0.29) is 18.2 Å². The predicted molar refractivity (Wildman–Crippen MR) is 118 cm³/mol. The van der Waals surface area contributed by atoms with Crippen molar-refractivity contribution in [3.8, 4) is 11.5 Å². The SMILES string of the molecule is COc1ccc(CCNC(=S)N2CCCN2C(=O)CNC(=O)c2ccco2)cc1OC. The summed E-state index contributed by atoms with van der Waals surface area (Å²) in [5.41, 5.74) is 1.07. The highest BCUT2D eigenvalue weighted by Crippen LogP contribution is 2.27. The van der Waals surface area contributed by atoms with Crippen LogP contribution in [0.3, 0.4) is 0 Å². The molecule has 2 N–H and O–H groups in total. The number of rotatable bonds is 8. The van der Waals surface area contributed by atoms with E-state index in [0.29, 0.717) is 36.2 Å². The molecule has 3 rings (SSSR count). The monoisotopic (exact) mass is 446 g/mol. The van der Waals surface area contributed by atoms with Gasteiger partial charge in [-0.1, -0.05) is 6.07 Å². The Bertz CT molecular complexity index is 918. The van der Waals surface area contributed by atoms with Gasteiger partial charge in [-0.3, -0.25) is 19.6 Å². The first kappa shape index (κ1) is 22.4. The smallest absolute Gasteiger partial charge is 0.287 e. The molecule has 1 aliphatic heterocycles. The molecule has 2 aromatic rings. The van der Waals surface area contributed by atoms with Gasteiger partial charge < -0.3 is 24.5 Å². The van der Waals surface area contributed by atoms with Crippen LogP contribution in [-0.2, 0) is 11.2 Å². The molecule has 0 spiro atoms. The summed E-state index contributed by atoms with van der Waals surface area (Å²) >= 11 is 5.49. The zero-order valence-electron chi connectivity index (χ0n) is 17.6. The van der Waals surface area contributed by atoms with E-state index in [1.807, 2.05) is 18.2 Å². The fourth-order valence-corrected chi connectivity index (χ4v) is 3.56. The predicted octanol–water partition coefficient (Wildman–Crippen LogP) is 1.59. The summed E-state index contributed by atoms with van der Waals surface area (Å²) in [5, 5.41) is 9.55. The van der Waals surface area contributed by atoms with E-state index in [4.69, 9.17) is 26.1 Å². The molecule has 1 aromatic carbocycles. The van der Waals surface area contributed by atoms with Crippen molar-refractivity contribution in [1.29, 1.82) is 0 Å². The molecule has 31 heavy (non-hydrogen) atoms. The van der Waals surface area contributed by atoms with Crippen LogP contribution in [0.15, 0.2) is 41.0 Å². The van der Waals surface area contributed by atoms with E-state index in [1.54, 1.807) is 36.4 Å². The minimum Gasteiger partial charge on any atom is -0.493 e. The number of thiocarbonyl (C=S) groups is 1. The van der Waals surface area contributed by atoms with Gasteiger partial charge in [-0.25, -0.2) is 0 Å². The molecular formula is C21H26N4O5S. The zero-order valence-corrected chi connectivity index (χ0v) is 18.4. The number of nitrogens with one attached hydrogen (secondary N) is 2. The molecule has 0 aliphatic carbocycles. The number of carbonyl (C=O) groups is 2. The summed E-state index contributed by atoms with van der Waals surface area (Å²) in [7, 11) is 3.20. The normalized spacial score (nSPS) is 13.1. The van der Waals surface area contributed by atoms with Crippen LogP contribution >= 0.6 is 12.2 Å². The number of methoxy groups -OCH3 is 2. The second-order valence-corrected chi connectivity index (χ2v) is 7.21. The van der Waals surface area contributed by atoms with Gasteiger partial charge in [-0.15, -0.1) is 0 Å². The van der Waals surface area contributed by atoms with Gasteiger partial charge in [0.05, 0.1) is 27.0 Å². The Hall–Kier alpha value is -3.27. The Labute approximate surface area is 186 Å². The molecule has 0 bridgehead atoms. The molecule has 9 nitrogen and oxygen atoms in total. The van der Waals surface area contributed by atoms with Gasteiger partial charge in [0.1, 0.15) is 0 Å². The summed E-state index contributed by atoms with van der Waals surface area (Å²) in [5.74, 6) is 0.857. The Balaban J connectivity index is 1.48. The first-order valence-electron chi connectivity index (χ1n) is 9.91. The van der Waals surface area contributed by atoms with Crippen LogP contribution < -0.4 is 20.1 Å². The fourth-order valence-electron chi connectivity index (χ4n) is 3.27. The molecule has 1 fully saturated rings. The maximum absolute atomic E-state index is 12.6. The topological polar surface area (TPSA) is 96.3 Å². The number of hydrogen-bond acceptors (Lipinski definition) is 6. The Kier molecular flexibility index (Phi) is 7.71. The van der Waals surface area contributed by atoms with Crippen LogP contribution in [0.25, 0.3) is 0 Å². The van der Waals surface area contributed by atoms with Gasteiger partial charge in [-0.2, -0.15) is 0 Å². The molecule has 10 heteroatoms. The van der Waals surface area contributed by atoms with Crippen LogP contribution in [0.1, 0.15) is 22.5 Å². The van der Waals surface area contributed by atoms with Gasteiger partial charge in [0.2, 0.25) is 0 Å². The fraction of sp³-hybridized carbons (Fsp3) is 0.381. The third-order valence-corrected chi connectivity index (χ3v) is 5.19. The summed E-state index contributed by atoms with van der Waals surface area (Å²) in [6, 6.07) is 8.92. The van der Waals surface area contributed by atoms with Gasteiger partial charge in [0.25, 0.3) is 11.8 Å². The molecule has 0 unspecified atom stereocenters. The van der Waals surface area contributed by atoms with Crippen LogP contribution in [-0.4, -0.2) is 67.3 Å². The van der Waals surface area contributed by atoms with Crippen molar-refractivity contribution in [2.24, 2.45) is 0 Å². The molecule has 1 aromatic heterocycles. The second kappa shape index (κ2) is 10.7. The van der Waals surface area contributed by atoms with Crippen molar-refractivity contribution in [2.45, 2.75) is 12.8 Å². The molecule has 0 saturated carbocycles. The van der Waals surface area contributed by atoms with Gasteiger partial charge in [0.15, 0.2) is 22.4 Å². The summed E-state index contributed by atoms with van der Waals surface area (Å²) in [6.45, 7) is 1.65. The van der Waals surface area contributed by atoms with E-state index in [2.05, 4.69) is 10.6 Å². The lowest BCUT2D eigenvalue weighted by Gasteiger charge is -2.30. The van der Waals surface area contributed by atoms with Gasteiger partial charge in [-0.05, 0) is 54.9 Å². The van der Waals surface area contributed by atoms with Crippen molar-refractivity contribution in [3.63, 3.8) is 0 Å². The number of hydrogen-bond donors (Lipinski definition) is 2. The summed E-state index contributed by atoms with van der Waals surface area (Å²) in [6.07, 6.45) is 2.93. The van der Waals surface area contributed by atoms with Crippen molar-refractivity contribution in [1.82, 2.24) is 20.7 Å². The molecule has 1 aliphatic rings. The number of carbonyl (C=O) groups excluding carboxylic acids is 2. The highest BCUT2D eigenvalue weighted by Gasteiger charge is 2.28. The number of nitrogens with zero attached hydrogens (tertiary/aromatic N) is 2. The number of benzene rings is 1. The van der Waals surface area contributed by atoms with Crippen molar-refractivity contribution in [3.05, 3.63) is 47.9 Å². The Morgan fingerprint density at radius 1 is 1.10 bits per heavy atom. The summed E-state index contributed by atoms with van der Waals surface area (Å²) < 4.78 is 15.6. The highest BCUT2D eigenvalue weighted by atomic mass is 32.1. The molecular weight excluding hydrogens is 420 g/mol. The molecule has 2 heterocycles. The van der Waals surface area contributed by atoms with Crippen molar-refractivity contribution >= 4 is 29.1 Å². The zero-order chi connectivity index (χ0) is 22.2. The quantitative estimate of drug-likeness (QED) is 0.591. The summed E-state index contributed by atoms with van der Waals surface area (Å²) in [4.78, 5) is 24.5. The molecule has 166 valence electrons. The standard InChI is InChI=1S/C21H26N4O5S/c1-28-16-7-6-15(13-18(16)29-2)8-9-22-21(31)25-11-4-10-24(25)19(26)14-23-20(27)17-5-3-12-30-17/h3,5-7,12-13H,4,8-11,14H2,1-2H3,(H,22,31)(H,23,27). The first-order valence-corrected chi connectivity index (χ1v) is 10.3. The lowest BCUT2D eigenvalue weighted by atomic mass is 10.1. The third-order valence-electron chi connectivity index (χ3n) is 4.84. The number of ether oxygens (including phenoxy) is 2. The van der Waals surface area contributed by atoms with Crippen LogP contribution in [0, 0.1) is 0 Å². The van der Waals surface area contributed by atoms with E-state index in [0.717, 1.165) is 18.4 Å². The van der Waals surface area contributed by atoms with E-state index >= 15 is 0 Å². The van der Waals surface area contributed by atoms with Crippen LogP contribution in [0.5, 0.6) is 11.5 Å². The molecule has 1 saturated heterocycles. The van der Waals surface area contributed by atoms with Crippen LogP contribution in [0.2, 0.25) is 0 Å². The van der Waals surface area contributed by atoms with Gasteiger partial charge >= 0.3 is 0 Å². The largest absolute Gasteiger partial charge is 0.493 e. The van der Waals surface area contributed by atoms with E-state index in [9.17, 15) is 9.59 Å². The van der Waals surface area contributed by atoms with Crippen molar-refractivity contribution in [2.75, 3.05) is 40.4 Å². The minimum absolute atomic E-state index is 0.135. The average molecular weight is 447 g/mol. The second-order valence-electron chi connectivity index (χ2n) is 6.82. The average Bonchev–Trinajstić information content (AvgIpc) is 3.49. The van der Waals surface area contributed by atoms with E-state index in [1.165, 1.54) is 6.26 Å². The molecule has 2 amide bonds.